The molecule has 0 fully saturated rings. The molecule has 0 saturated carbocycles. The highest BCUT2D eigenvalue weighted by Gasteiger charge is 2.17. The average Bonchev–Trinajstić information content (AvgIpc) is 2.83. The smallest absolute Gasteiger partial charge is 0.259 e. The molecule has 2 amide bonds. The number of nitrogens with one attached hydrogen (secondary N) is 2. The van der Waals surface area contributed by atoms with Crippen molar-refractivity contribution in [3.8, 4) is 11.5 Å². The Bertz CT molecular complexity index is 1290. The molecule has 0 unspecified atom stereocenters. The first-order chi connectivity index (χ1) is 15.6. The van der Waals surface area contributed by atoms with Crippen LogP contribution in [0, 0.1) is 0 Å². The van der Waals surface area contributed by atoms with Crippen molar-refractivity contribution < 1.29 is 19.1 Å². The van der Waals surface area contributed by atoms with Gasteiger partial charge in [-0.1, -0.05) is 42.5 Å². The zero-order valence-electron chi connectivity index (χ0n) is 17.7. The van der Waals surface area contributed by atoms with E-state index in [1.165, 1.54) is 14.2 Å². The highest BCUT2D eigenvalue weighted by Crippen LogP contribution is 2.30. The fourth-order valence-electron chi connectivity index (χ4n) is 3.43. The topological polar surface area (TPSA) is 76.7 Å². The van der Waals surface area contributed by atoms with Crippen molar-refractivity contribution in [3.63, 3.8) is 0 Å². The van der Waals surface area contributed by atoms with Gasteiger partial charge in [-0.25, -0.2) is 0 Å². The summed E-state index contributed by atoms with van der Waals surface area (Å²) >= 11 is 0. The van der Waals surface area contributed by atoms with E-state index in [2.05, 4.69) is 10.6 Å². The number of ether oxygens (including phenoxy) is 2. The lowest BCUT2D eigenvalue weighted by Gasteiger charge is -2.14. The summed E-state index contributed by atoms with van der Waals surface area (Å²) in [5.74, 6) is 0.233. The van der Waals surface area contributed by atoms with Crippen molar-refractivity contribution in [1.82, 2.24) is 0 Å². The van der Waals surface area contributed by atoms with E-state index in [1.54, 1.807) is 36.4 Å². The molecule has 0 atom stereocenters. The van der Waals surface area contributed by atoms with Gasteiger partial charge in [-0.15, -0.1) is 0 Å². The molecule has 160 valence electrons. The molecule has 6 heteroatoms. The van der Waals surface area contributed by atoms with Gasteiger partial charge in [0.05, 0.1) is 25.5 Å². The first-order valence-corrected chi connectivity index (χ1v) is 10.0. The molecule has 32 heavy (non-hydrogen) atoms. The average molecular weight is 426 g/mol. The molecule has 0 aliphatic carbocycles. The van der Waals surface area contributed by atoms with Crippen molar-refractivity contribution in [2.45, 2.75) is 0 Å². The Balaban J connectivity index is 1.63. The summed E-state index contributed by atoms with van der Waals surface area (Å²) in [4.78, 5) is 25.8. The van der Waals surface area contributed by atoms with Crippen LogP contribution >= 0.6 is 0 Å². The monoisotopic (exact) mass is 426 g/mol. The quantitative estimate of drug-likeness (QED) is 0.435. The second kappa shape index (κ2) is 9.22. The molecule has 6 nitrogen and oxygen atoms in total. The minimum Gasteiger partial charge on any atom is -0.496 e. The molecule has 4 aromatic rings. The van der Waals surface area contributed by atoms with Crippen LogP contribution in [0.5, 0.6) is 11.5 Å². The highest BCUT2D eigenvalue weighted by atomic mass is 16.5. The lowest BCUT2D eigenvalue weighted by atomic mass is 10.0. The maximum atomic E-state index is 13.1. The van der Waals surface area contributed by atoms with Gasteiger partial charge in [0.1, 0.15) is 11.5 Å². The van der Waals surface area contributed by atoms with Crippen LogP contribution < -0.4 is 20.1 Å². The molecule has 0 saturated heterocycles. The predicted octanol–water partition coefficient (Wildman–Crippen LogP) is 5.36. The van der Waals surface area contributed by atoms with Gasteiger partial charge in [-0.2, -0.15) is 0 Å². The minimum absolute atomic E-state index is 0.294. The van der Waals surface area contributed by atoms with Crippen LogP contribution in [-0.4, -0.2) is 26.0 Å². The number of benzene rings is 4. The molecular weight excluding hydrogens is 404 g/mol. The molecule has 4 aromatic carbocycles. The van der Waals surface area contributed by atoms with E-state index in [1.807, 2.05) is 48.5 Å². The lowest BCUT2D eigenvalue weighted by molar-refractivity contribution is 0.101. The number of hydrogen-bond donors (Lipinski definition) is 2. The Labute approximate surface area is 185 Å². The fourth-order valence-corrected chi connectivity index (χ4v) is 3.43. The number of carbonyl (C=O) groups is 2. The molecule has 0 aliphatic heterocycles. The largest absolute Gasteiger partial charge is 0.496 e. The van der Waals surface area contributed by atoms with Crippen LogP contribution in [0.15, 0.2) is 84.9 Å². The first-order valence-electron chi connectivity index (χ1n) is 10.0. The van der Waals surface area contributed by atoms with Gasteiger partial charge in [-0.3, -0.25) is 9.59 Å². The van der Waals surface area contributed by atoms with Crippen molar-refractivity contribution in [1.29, 1.82) is 0 Å². The van der Waals surface area contributed by atoms with Crippen molar-refractivity contribution in [2.75, 3.05) is 24.9 Å². The summed E-state index contributed by atoms with van der Waals surface area (Å²) in [6.07, 6.45) is 0. The van der Waals surface area contributed by atoms with Gasteiger partial charge in [0.2, 0.25) is 0 Å². The molecule has 0 bridgehead atoms. The van der Waals surface area contributed by atoms with Crippen molar-refractivity contribution >= 4 is 34.0 Å². The maximum absolute atomic E-state index is 13.1. The zero-order chi connectivity index (χ0) is 22.5. The van der Waals surface area contributed by atoms with E-state index in [0.29, 0.717) is 34.0 Å². The fraction of sp³-hybridized carbons (Fsp3) is 0.0769. The third-order valence-electron chi connectivity index (χ3n) is 5.05. The van der Waals surface area contributed by atoms with E-state index < -0.39 is 0 Å². The molecule has 0 spiro atoms. The third kappa shape index (κ3) is 4.39. The molecular formula is C26H22N2O4. The van der Waals surface area contributed by atoms with Crippen molar-refractivity contribution in [3.05, 3.63) is 96.1 Å². The number of rotatable bonds is 6. The second-order valence-corrected chi connectivity index (χ2v) is 7.09. The van der Waals surface area contributed by atoms with Crippen LogP contribution in [0.25, 0.3) is 10.8 Å². The maximum Gasteiger partial charge on any atom is 0.259 e. The zero-order valence-corrected chi connectivity index (χ0v) is 17.7. The minimum atomic E-state index is -0.369. The van der Waals surface area contributed by atoms with Gasteiger partial charge in [0, 0.05) is 11.3 Å². The standard InChI is InChI=1S/C26H22N2O4/c1-31-23-13-12-19(25(29)27-20-10-4-3-5-11-20)15-22(23)28-26(30)21-14-17-8-6-7-9-18(17)16-24(21)32-2/h3-16H,1-2H3,(H,27,29)(H,28,30). The number of hydrogen-bond acceptors (Lipinski definition) is 4. The molecule has 0 aromatic heterocycles. The number of carbonyl (C=O) groups excluding carboxylic acids is 2. The summed E-state index contributed by atoms with van der Waals surface area (Å²) in [6.45, 7) is 0. The van der Waals surface area contributed by atoms with Crippen LogP contribution in [0.1, 0.15) is 20.7 Å². The summed E-state index contributed by atoms with van der Waals surface area (Å²) in [6, 6.07) is 25.4. The van der Waals surface area contributed by atoms with Crippen LogP contribution in [0.3, 0.4) is 0 Å². The predicted molar refractivity (Wildman–Crippen MR) is 126 cm³/mol. The van der Waals surface area contributed by atoms with Gasteiger partial charge in [0.15, 0.2) is 0 Å². The molecule has 0 aliphatic rings. The molecule has 0 heterocycles. The van der Waals surface area contributed by atoms with E-state index in [0.717, 1.165) is 10.8 Å². The number of fused-ring (bicyclic) bond motifs is 1. The molecule has 2 N–H and O–H groups in total. The SMILES string of the molecule is COc1ccc(C(=O)Nc2ccccc2)cc1NC(=O)c1cc2ccccc2cc1OC. The van der Waals surface area contributed by atoms with Gasteiger partial charge < -0.3 is 20.1 Å². The Morgan fingerprint density at radius 1 is 0.656 bits per heavy atom. The summed E-state index contributed by atoms with van der Waals surface area (Å²) in [5, 5.41) is 7.57. The Kier molecular flexibility index (Phi) is 6.03. The number of para-hydroxylation sites is 1. The molecule has 4 rings (SSSR count). The third-order valence-corrected chi connectivity index (χ3v) is 5.05. The summed E-state index contributed by atoms with van der Waals surface area (Å²) < 4.78 is 10.8. The van der Waals surface area contributed by atoms with Gasteiger partial charge in [0.25, 0.3) is 11.8 Å². The van der Waals surface area contributed by atoms with Crippen LogP contribution in [0.2, 0.25) is 0 Å². The Morgan fingerprint density at radius 2 is 1.31 bits per heavy atom. The molecule has 0 radical (unpaired) electrons. The van der Waals surface area contributed by atoms with Crippen molar-refractivity contribution in [2.24, 2.45) is 0 Å². The summed E-state index contributed by atoms with van der Waals surface area (Å²) in [5.41, 5.74) is 1.83. The Morgan fingerprint density at radius 3 is 2.00 bits per heavy atom. The Hall–Kier alpha value is -4.32. The highest BCUT2D eigenvalue weighted by molar-refractivity contribution is 6.10. The normalized spacial score (nSPS) is 10.4. The van der Waals surface area contributed by atoms with Gasteiger partial charge in [-0.05, 0) is 53.2 Å². The lowest BCUT2D eigenvalue weighted by Crippen LogP contribution is -2.16. The van der Waals surface area contributed by atoms with Gasteiger partial charge >= 0.3 is 0 Å². The number of amides is 2. The van der Waals surface area contributed by atoms with E-state index in [-0.39, 0.29) is 11.8 Å². The second-order valence-electron chi connectivity index (χ2n) is 7.09. The summed E-state index contributed by atoms with van der Waals surface area (Å²) in [7, 11) is 3.03. The van der Waals surface area contributed by atoms with E-state index >= 15 is 0 Å². The van der Waals surface area contributed by atoms with E-state index in [4.69, 9.17) is 9.47 Å². The van der Waals surface area contributed by atoms with Crippen LogP contribution in [-0.2, 0) is 0 Å². The number of anilines is 2. The number of methoxy groups -OCH3 is 2. The van der Waals surface area contributed by atoms with E-state index in [9.17, 15) is 9.59 Å². The first kappa shape index (κ1) is 20.9. The van der Waals surface area contributed by atoms with Crippen LogP contribution in [0.4, 0.5) is 11.4 Å².